The summed E-state index contributed by atoms with van der Waals surface area (Å²) in [6.45, 7) is 5.93. The van der Waals surface area contributed by atoms with Gasteiger partial charge >= 0.3 is 0 Å². The van der Waals surface area contributed by atoms with E-state index in [1.807, 2.05) is 43.1 Å². The van der Waals surface area contributed by atoms with Crippen LogP contribution in [0.4, 0.5) is 4.39 Å². The van der Waals surface area contributed by atoms with Crippen molar-refractivity contribution in [2.45, 2.75) is 33.0 Å². The van der Waals surface area contributed by atoms with Crippen molar-refractivity contribution in [3.05, 3.63) is 59.9 Å². The Labute approximate surface area is 154 Å². The first-order chi connectivity index (χ1) is 12.7. The molecule has 1 fully saturated rings. The minimum absolute atomic E-state index is 0.0268. The number of aliphatic hydroxyl groups excluding tert-OH is 1. The molecule has 0 spiro atoms. The van der Waals surface area contributed by atoms with Gasteiger partial charge in [0.05, 0.1) is 13.2 Å². The van der Waals surface area contributed by atoms with Crippen molar-refractivity contribution >= 4 is 0 Å². The van der Waals surface area contributed by atoms with E-state index in [1.165, 1.54) is 12.1 Å². The molecule has 3 rings (SSSR count). The molecule has 1 aliphatic heterocycles. The second kappa shape index (κ2) is 10.8. The van der Waals surface area contributed by atoms with Gasteiger partial charge in [-0.25, -0.2) is 14.8 Å². The van der Waals surface area contributed by atoms with Gasteiger partial charge in [-0.15, -0.1) is 0 Å². The molecule has 1 atom stereocenters. The van der Waals surface area contributed by atoms with E-state index in [1.54, 1.807) is 12.1 Å². The molecule has 0 saturated carbocycles. The number of ether oxygens (including phenoxy) is 2. The number of rotatable bonds is 7. The molecular formula is C20H27FN2O3. The Hall–Kier alpha value is -2.15. The van der Waals surface area contributed by atoms with Crippen LogP contribution >= 0.6 is 0 Å². The molecular weight excluding hydrogens is 335 g/mol. The molecule has 1 saturated heterocycles. The van der Waals surface area contributed by atoms with E-state index in [9.17, 15) is 4.39 Å². The zero-order chi connectivity index (χ0) is 18.8. The normalized spacial score (nSPS) is 16.7. The van der Waals surface area contributed by atoms with Gasteiger partial charge in [0.2, 0.25) is 0 Å². The van der Waals surface area contributed by atoms with Crippen LogP contribution in [0.1, 0.15) is 25.8 Å². The predicted molar refractivity (Wildman–Crippen MR) is 99.3 cm³/mol. The first-order valence-electron chi connectivity index (χ1n) is 8.96. The van der Waals surface area contributed by atoms with E-state index in [2.05, 4.69) is 5.43 Å². The number of hydrogen-bond donors (Lipinski definition) is 2. The zero-order valence-corrected chi connectivity index (χ0v) is 15.3. The maximum atomic E-state index is 13.2. The number of benzene rings is 2. The van der Waals surface area contributed by atoms with Crippen LogP contribution in [0.5, 0.6) is 11.5 Å². The molecule has 6 heteroatoms. The van der Waals surface area contributed by atoms with Gasteiger partial charge in [0.15, 0.2) is 6.73 Å². The maximum Gasteiger partial charge on any atom is 0.152 e. The van der Waals surface area contributed by atoms with Crippen LogP contribution in [-0.2, 0) is 6.61 Å². The highest BCUT2D eigenvalue weighted by atomic mass is 19.1. The highest BCUT2D eigenvalue weighted by molar-refractivity contribution is 5.26. The summed E-state index contributed by atoms with van der Waals surface area (Å²) >= 11 is 0. The lowest BCUT2D eigenvalue weighted by Gasteiger charge is -2.18. The zero-order valence-electron chi connectivity index (χ0n) is 15.3. The van der Waals surface area contributed by atoms with Gasteiger partial charge in [-0.3, -0.25) is 0 Å². The smallest absolute Gasteiger partial charge is 0.152 e. The highest BCUT2D eigenvalue weighted by Crippen LogP contribution is 2.18. The van der Waals surface area contributed by atoms with Crippen molar-refractivity contribution < 1.29 is 19.0 Å². The molecule has 2 aromatic rings. The number of hydrazine groups is 1. The summed E-state index contributed by atoms with van der Waals surface area (Å²) in [5.74, 6) is 1.01. The highest BCUT2D eigenvalue weighted by Gasteiger charge is 2.23. The van der Waals surface area contributed by atoms with Gasteiger partial charge in [0.25, 0.3) is 0 Å². The molecule has 0 aromatic heterocycles. The van der Waals surface area contributed by atoms with Gasteiger partial charge in [0, 0.05) is 12.6 Å². The third-order valence-electron chi connectivity index (χ3n) is 3.88. The van der Waals surface area contributed by atoms with Crippen LogP contribution in [0.2, 0.25) is 0 Å². The number of halogens is 1. The minimum atomic E-state index is -0.291. The second-order valence-electron chi connectivity index (χ2n) is 5.68. The lowest BCUT2D eigenvalue weighted by molar-refractivity contribution is 0.128. The van der Waals surface area contributed by atoms with Gasteiger partial charge in [-0.2, -0.15) is 0 Å². The molecule has 1 unspecified atom stereocenters. The van der Waals surface area contributed by atoms with Gasteiger partial charge in [-0.1, -0.05) is 32.0 Å². The van der Waals surface area contributed by atoms with Gasteiger partial charge in [0.1, 0.15) is 23.4 Å². The fourth-order valence-corrected chi connectivity index (χ4v) is 2.60. The van der Waals surface area contributed by atoms with E-state index >= 15 is 0 Å². The first kappa shape index (κ1) is 20.2. The van der Waals surface area contributed by atoms with Crippen LogP contribution in [0.3, 0.4) is 0 Å². The minimum Gasteiger partial charge on any atom is -0.489 e. The van der Waals surface area contributed by atoms with Crippen LogP contribution in [0.15, 0.2) is 48.5 Å². The van der Waals surface area contributed by atoms with Crippen molar-refractivity contribution in [1.29, 1.82) is 0 Å². The largest absolute Gasteiger partial charge is 0.489 e. The summed E-state index contributed by atoms with van der Waals surface area (Å²) in [6.07, 6.45) is 0.900. The number of nitrogens with one attached hydrogen (secondary N) is 1. The van der Waals surface area contributed by atoms with E-state index in [4.69, 9.17) is 14.6 Å². The fourth-order valence-electron chi connectivity index (χ4n) is 2.60. The van der Waals surface area contributed by atoms with E-state index in [0.29, 0.717) is 19.0 Å². The molecule has 0 radical (unpaired) electrons. The summed E-state index contributed by atoms with van der Waals surface area (Å²) in [6, 6.07) is 13.5. The van der Waals surface area contributed by atoms with Crippen LogP contribution in [-0.4, -0.2) is 36.0 Å². The van der Waals surface area contributed by atoms with Crippen molar-refractivity contribution in [2.24, 2.45) is 0 Å². The summed E-state index contributed by atoms with van der Waals surface area (Å²) in [4.78, 5) is 0. The third kappa shape index (κ3) is 6.29. The van der Waals surface area contributed by atoms with Crippen LogP contribution in [0, 0.1) is 5.82 Å². The summed E-state index contributed by atoms with van der Waals surface area (Å²) in [5.41, 5.74) is 4.05. The summed E-state index contributed by atoms with van der Waals surface area (Å²) < 4.78 is 24.6. The third-order valence-corrected chi connectivity index (χ3v) is 3.88. The molecule has 2 aromatic carbocycles. The van der Waals surface area contributed by atoms with Crippen molar-refractivity contribution in [1.82, 2.24) is 10.4 Å². The SMILES string of the molecule is CC.OCc1ccc(OCNN2CCC(Oc3cccc(F)c3)C2)cc1. The summed E-state index contributed by atoms with van der Waals surface area (Å²) in [5, 5.41) is 11.0. The standard InChI is InChI=1S/C18H21FN2O3.C2H6/c19-15-2-1-3-17(10-15)24-18-8-9-21(11-18)20-13-23-16-6-4-14(12-22)5-7-16;1-2/h1-7,10,18,20,22H,8-9,11-13H2;1-2H3. The number of aliphatic hydroxyl groups is 1. The summed E-state index contributed by atoms with van der Waals surface area (Å²) in [7, 11) is 0. The monoisotopic (exact) mass is 362 g/mol. The molecule has 0 amide bonds. The fraction of sp³-hybridized carbons (Fsp3) is 0.400. The average molecular weight is 362 g/mol. The Bertz CT molecular complexity index is 652. The van der Waals surface area contributed by atoms with Crippen molar-refractivity contribution in [2.75, 3.05) is 19.8 Å². The van der Waals surface area contributed by atoms with Crippen molar-refractivity contribution in [3.8, 4) is 11.5 Å². The molecule has 0 aliphatic carbocycles. The molecule has 1 aliphatic rings. The Balaban J connectivity index is 0.00000117. The van der Waals surface area contributed by atoms with Gasteiger partial charge < -0.3 is 14.6 Å². The lowest BCUT2D eigenvalue weighted by atomic mass is 10.2. The Kier molecular flexibility index (Phi) is 8.34. The van der Waals surface area contributed by atoms with E-state index < -0.39 is 0 Å². The van der Waals surface area contributed by atoms with Crippen LogP contribution < -0.4 is 14.9 Å². The molecule has 0 bridgehead atoms. The maximum absolute atomic E-state index is 13.2. The Morgan fingerprint density at radius 1 is 1.15 bits per heavy atom. The number of nitrogens with zero attached hydrogens (tertiary/aromatic N) is 1. The van der Waals surface area contributed by atoms with Crippen molar-refractivity contribution in [3.63, 3.8) is 0 Å². The van der Waals surface area contributed by atoms with Gasteiger partial charge in [-0.05, 0) is 36.2 Å². The van der Waals surface area contributed by atoms with E-state index in [0.717, 1.165) is 24.3 Å². The second-order valence-corrected chi connectivity index (χ2v) is 5.68. The molecule has 1 heterocycles. The molecule has 5 nitrogen and oxygen atoms in total. The molecule has 26 heavy (non-hydrogen) atoms. The predicted octanol–water partition coefficient (Wildman–Crippen LogP) is 3.34. The molecule has 142 valence electrons. The quantitative estimate of drug-likeness (QED) is 0.740. The first-order valence-corrected chi connectivity index (χ1v) is 8.96. The number of hydrogen-bond acceptors (Lipinski definition) is 5. The van der Waals surface area contributed by atoms with E-state index in [-0.39, 0.29) is 18.5 Å². The average Bonchev–Trinajstić information content (AvgIpc) is 3.11. The topological polar surface area (TPSA) is 54.0 Å². The Morgan fingerprint density at radius 3 is 2.62 bits per heavy atom. The lowest BCUT2D eigenvalue weighted by Crippen LogP contribution is -2.39. The van der Waals surface area contributed by atoms with Crippen LogP contribution in [0.25, 0.3) is 0 Å². The Morgan fingerprint density at radius 2 is 1.92 bits per heavy atom. The molecule has 2 N–H and O–H groups in total.